The third kappa shape index (κ3) is 5.76. The summed E-state index contributed by atoms with van der Waals surface area (Å²) in [6.07, 6.45) is 2.15. The van der Waals surface area contributed by atoms with Crippen molar-refractivity contribution in [1.82, 2.24) is 10.2 Å². The fraction of sp³-hybridized carbons (Fsp3) is 0.444. The maximum atomic E-state index is 12.7. The van der Waals surface area contributed by atoms with Crippen LogP contribution in [0.2, 0.25) is 0 Å². The highest BCUT2D eigenvalue weighted by Gasteiger charge is 2.30. The van der Waals surface area contributed by atoms with Crippen LogP contribution >= 0.6 is 0 Å². The van der Waals surface area contributed by atoms with Crippen molar-refractivity contribution < 1.29 is 24.2 Å². The van der Waals surface area contributed by atoms with E-state index in [1.54, 1.807) is 6.92 Å². The third-order valence-corrected chi connectivity index (χ3v) is 6.53. The summed E-state index contributed by atoms with van der Waals surface area (Å²) in [4.78, 5) is 38.1. The van der Waals surface area contributed by atoms with Gasteiger partial charge in [0.25, 0.3) is 0 Å². The fourth-order valence-electron chi connectivity index (χ4n) is 4.63. The van der Waals surface area contributed by atoms with Gasteiger partial charge >= 0.3 is 12.1 Å². The maximum absolute atomic E-state index is 12.7. The zero-order valence-corrected chi connectivity index (χ0v) is 20.1. The van der Waals surface area contributed by atoms with Crippen LogP contribution in [0, 0.1) is 0 Å². The van der Waals surface area contributed by atoms with E-state index in [2.05, 4.69) is 29.6 Å². The van der Waals surface area contributed by atoms with Crippen LogP contribution < -0.4 is 5.32 Å². The maximum Gasteiger partial charge on any atom is 0.407 e. The number of ether oxygens (including phenoxy) is 1. The highest BCUT2D eigenvalue weighted by atomic mass is 16.5. The van der Waals surface area contributed by atoms with Crippen molar-refractivity contribution in [2.45, 2.75) is 64.0 Å². The molecule has 0 aromatic heterocycles. The molecule has 7 heteroatoms. The van der Waals surface area contributed by atoms with Crippen LogP contribution in [0.25, 0.3) is 11.1 Å². The minimum absolute atomic E-state index is 0.0322. The molecular formula is C27H34N2O5. The Hall–Kier alpha value is -3.35. The molecule has 0 bridgehead atoms. The van der Waals surface area contributed by atoms with Gasteiger partial charge in [-0.05, 0) is 35.1 Å². The largest absolute Gasteiger partial charge is 0.480 e. The summed E-state index contributed by atoms with van der Waals surface area (Å²) >= 11 is 0. The van der Waals surface area contributed by atoms with Crippen molar-refractivity contribution >= 4 is 18.0 Å². The lowest BCUT2D eigenvalue weighted by atomic mass is 9.98. The number of nitrogens with zero attached hydrogens (tertiary/aromatic N) is 1. The molecule has 1 aliphatic carbocycles. The average molecular weight is 467 g/mol. The molecule has 7 nitrogen and oxygen atoms in total. The molecule has 0 spiro atoms. The lowest BCUT2D eigenvalue weighted by Crippen LogP contribution is -2.45. The van der Waals surface area contributed by atoms with E-state index in [0.717, 1.165) is 35.1 Å². The Morgan fingerprint density at radius 1 is 1.03 bits per heavy atom. The Morgan fingerprint density at radius 3 is 2.15 bits per heavy atom. The predicted octanol–water partition coefficient (Wildman–Crippen LogP) is 4.80. The van der Waals surface area contributed by atoms with Crippen LogP contribution in [-0.4, -0.2) is 53.7 Å². The molecule has 3 rings (SSSR count). The summed E-state index contributed by atoms with van der Waals surface area (Å²) in [7, 11) is 1.49. The highest BCUT2D eigenvalue weighted by molar-refractivity contribution is 5.84. The SMILES string of the molecule is CCCC[C@H](CC(=O)N(C)C(CC)C(=O)O)NC(=O)OCC1c2ccccc2-c2ccccc21. The van der Waals surface area contributed by atoms with Gasteiger partial charge in [-0.15, -0.1) is 0 Å². The standard InChI is InChI=1S/C27H34N2O5/c1-4-6-11-18(16-25(30)29(3)24(5-2)26(31)32)28-27(33)34-17-23-21-14-9-7-12-19(21)20-13-8-10-15-22(20)23/h7-10,12-15,18,23-24H,4-6,11,16-17H2,1-3H3,(H,28,33)(H,31,32)/t18-,24?/m1/s1. The Kier molecular flexibility index (Phi) is 8.68. The first-order chi connectivity index (χ1) is 16.4. The van der Waals surface area contributed by atoms with Crippen LogP contribution in [0.4, 0.5) is 4.79 Å². The van der Waals surface area contributed by atoms with Gasteiger partial charge in [0.2, 0.25) is 5.91 Å². The van der Waals surface area contributed by atoms with Crippen molar-refractivity contribution in [2.75, 3.05) is 13.7 Å². The van der Waals surface area contributed by atoms with E-state index in [1.165, 1.54) is 11.9 Å². The molecule has 0 saturated carbocycles. The molecule has 2 aromatic carbocycles. The number of carboxylic acid groups (broad SMARTS) is 1. The molecule has 0 radical (unpaired) electrons. The van der Waals surface area contributed by atoms with E-state index in [-0.39, 0.29) is 24.9 Å². The summed E-state index contributed by atoms with van der Waals surface area (Å²) < 4.78 is 5.63. The van der Waals surface area contributed by atoms with Crippen molar-refractivity contribution in [3.8, 4) is 11.1 Å². The van der Waals surface area contributed by atoms with Gasteiger partial charge in [-0.2, -0.15) is 0 Å². The fourth-order valence-corrected chi connectivity index (χ4v) is 4.63. The van der Waals surface area contributed by atoms with Gasteiger partial charge in [0.1, 0.15) is 12.6 Å². The Balaban J connectivity index is 1.63. The molecule has 1 aliphatic rings. The van der Waals surface area contributed by atoms with Gasteiger partial charge in [-0.1, -0.05) is 75.2 Å². The van der Waals surface area contributed by atoms with Crippen molar-refractivity contribution in [3.05, 3.63) is 59.7 Å². The number of alkyl carbamates (subject to hydrolysis) is 1. The monoisotopic (exact) mass is 466 g/mol. The summed E-state index contributed by atoms with van der Waals surface area (Å²) in [6, 6.07) is 15.0. The lowest BCUT2D eigenvalue weighted by Gasteiger charge is -2.26. The minimum atomic E-state index is -1.03. The normalized spacial score (nSPS) is 14.0. The molecule has 34 heavy (non-hydrogen) atoms. The van der Waals surface area contributed by atoms with Crippen LogP contribution in [0.3, 0.4) is 0 Å². The number of rotatable bonds is 11. The van der Waals surface area contributed by atoms with Crippen molar-refractivity contribution in [2.24, 2.45) is 0 Å². The topological polar surface area (TPSA) is 95.9 Å². The first kappa shape index (κ1) is 25.3. The van der Waals surface area contributed by atoms with E-state index in [1.807, 2.05) is 31.2 Å². The molecule has 0 saturated heterocycles. The zero-order valence-electron chi connectivity index (χ0n) is 20.1. The quantitative estimate of drug-likeness (QED) is 0.496. The van der Waals surface area contributed by atoms with Gasteiger partial charge in [-0.3, -0.25) is 4.79 Å². The van der Waals surface area contributed by atoms with Crippen LogP contribution in [0.15, 0.2) is 48.5 Å². The number of carboxylic acids is 1. The van der Waals surface area contributed by atoms with Gasteiger partial charge in [-0.25, -0.2) is 9.59 Å². The summed E-state index contributed by atoms with van der Waals surface area (Å²) in [5.74, 6) is -1.39. The summed E-state index contributed by atoms with van der Waals surface area (Å²) in [5.41, 5.74) is 4.58. The number of unbranched alkanes of at least 4 members (excludes halogenated alkanes) is 1. The molecule has 2 atom stereocenters. The molecule has 2 aromatic rings. The number of benzene rings is 2. The molecule has 0 fully saturated rings. The van der Waals surface area contributed by atoms with E-state index in [9.17, 15) is 19.5 Å². The number of aliphatic carboxylic acids is 1. The first-order valence-corrected chi connectivity index (χ1v) is 12.0. The number of nitrogens with one attached hydrogen (secondary N) is 1. The van der Waals surface area contributed by atoms with Crippen molar-refractivity contribution in [3.63, 3.8) is 0 Å². The molecule has 1 unspecified atom stereocenters. The number of amides is 2. The number of fused-ring (bicyclic) bond motifs is 3. The van der Waals surface area contributed by atoms with E-state index >= 15 is 0 Å². The molecule has 0 heterocycles. The smallest absolute Gasteiger partial charge is 0.407 e. The number of hydrogen-bond acceptors (Lipinski definition) is 4. The zero-order chi connectivity index (χ0) is 24.7. The second-order valence-electron chi connectivity index (χ2n) is 8.78. The van der Waals surface area contributed by atoms with Crippen LogP contribution in [0.5, 0.6) is 0 Å². The van der Waals surface area contributed by atoms with E-state index < -0.39 is 24.1 Å². The predicted molar refractivity (Wildman–Crippen MR) is 131 cm³/mol. The molecule has 2 N–H and O–H groups in total. The number of likely N-dealkylation sites (N-methyl/N-ethyl adjacent to an activating group) is 1. The summed E-state index contributed by atoms with van der Waals surface area (Å²) in [5, 5.41) is 12.2. The minimum Gasteiger partial charge on any atom is -0.480 e. The highest BCUT2D eigenvalue weighted by Crippen LogP contribution is 2.44. The molecule has 0 aliphatic heterocycles. The second-order valence-corrected chi connectivity index (χ2v) is 8.78. The Morgan fingerprint density at radius 2 is 1.62 bits per heavy atom. The molecule has 182 valence electrons. The van der Waals surface area contributed by atoms with E-state index in [4.69, 9.17) is 4.74 Å². The number of carbonyl (C=O) groups is 3. The van der Waals surface area contributed by atoms with Crippen LogP contribution in [-0.2, 0) is 14.3 Å². The Labute approximate surface area is 201 Å². The molecule has 2 amide bonds. The third-order valence-electron chi connectivity index (χ3n) is 6.53. The van der Waals surface area contributed by atoms with E-state index in [0.29, 0.717) is 12.8 Å². The first-order valence-electron chi connectivity index (χ1n) is 12.0. The average Bonchev–Trinajstić information content (AvgIpc) is 3.15. The molecular weight excluding hydrogens is 432 g/mol. The lowest BCUT2D eigenvalue weighted by molar-refractivity contribution is -0.149. The van der Waals surface area contributed by atoms with Gasteiger partial charge in [0.05, 0.1) is 0 Å². The second kappa shape index (κ2) is 11.7. The van der Waals surface area contributed by atoms with Crippen LogP contribution in [0.1, 0.15) is 63.0 Å². The van der Waals surface area contributed by atoms with Gasteiger partial charge in [0, 0.05) is 25.4 Å². The Bertz CT molecular complexity index is 976. The van der Waals surface area contributed by atoms with Gasteiger partial charge in [0.15, 0.2) is 0 Å². The number of carbonyl (C=O) groups excluding carboxylic acids is 2. The summed E-state index contributed by atoms with van der Waals surface area (Å²) in [6.45, 7) is 3.97. The van der Waals surface area contributed by atoms with Crippen molar-refractivity contribution in [1.29, 1.82) is 0 Å². The number of hydrogen-bond donors (Lipinski definition) is 2. The van der Waals surface area contributed by atoms with Gasteiger partial charge < -0.3 is 20.1 Å².